The van der Waals surface area contributed by atoms with Gasteiger partial charge in [-0.05, 0) is 30.6 Å². The van der Waals surface area contributed by atoms with Crippen molar-refractivity contribution in [2.75, 3.05) is 13.2 Å². The number of carbonyl (C=O) groups is 3. The highest BCUT2D eigenvalue weighted by Crippen LogP contribution is 2.50. The maximum absolute atomic E-state index is 13.0. The van der Waals surface area contributed by atoms with E-state index in [4.69, 9.17) is 9.47 Å². The summed E-state index contributed by atoms with van der Waals surface area (Å²) in [5.41, 5.74) is -1.39. The van der Waals surface area contributed by atoms with Gasteiger partial charge in [-0.1, -0.05) is 48.0 Å². The molecule has 0 rings (SSSR count). The fraction of sp³-hybridized carbons (Fsp3) is 0.870. The largest absolute Gasteiger partial charge is 0.462 e. The predicted octanol–water partition coefficient (Wildman–Crippen LogP) is 6.16. The molecule has 0 fully saturated rings. The topological polar surface area (TPSA) is 78.9 Å². The smallest absolute Gasteiger partial charge is 0.434 e. The Labute approximate surface area is 202 Å². The van der Waals surface area contributed by atoms with Crippen molar-refractivity contribution in [3.05, 3.63) is 0 Å². The lowest BCUT2D eigenvalue weighted by atomic mass is 9.58. The van der Waals surface area contributed by atoms with Gasteiger partial charge < -0.3 is 14.2 Å². The summed E-state index contributed by atoms with van der Waals surface area (Å²) in [6.45, 7) is 13.1. The molecule has 0 radical (unpaired) electrons. The lowest BCUT2D eigenvalue weighted by Gasteiger charge is -2.45. The van der Waals surface area contributed by atoms with Crippen molar-refractivity contribution < 1.29 is 54.9 Å². The number of rotatable bonds is 13. The third-order valence-corrected chi connectivity index (χ3v) is 6.57. The molecule has 0 aliphatic rings. The second-order valence-electron chi connectivity index (χ2n) is 10.1. The zero-order valence-electron chi connectivity index (χ0n) is 21.2. The van der Waals surface area contributed by atoms with E-state index in [1.165, 1.54) is 0 Å². The SMILES string of the molecule is CCC(C)(C)CC(C)(C(=O)OCCOC(=O)CCC(=O)OC(C(F)(F)F)C(F)(F)F)C(C)(C)CC. The van der Waals surface area contributed by atoms with Crippen molar-refractivity contribution in [2.45, 2.75) is 99.0 Å². The van der Waals surface area contributed by atoms with Crippen LogP contribution in [0.15, 0.2) is 0 Å². The monoisotopic (exact) mass is 522 g/mol. The lowest BCUT2D eigenvalue weighted by molar-refractivity contribution is -0.313. The van der Waals surface area contributed by atoms with Crippen molar-refractivity contribution in [1.29, 1.82) is 0 Å². The molecule has 0 aliphatic carbocycles. The van der Waals surface area contributed by atoms with Gasteiger partial charge in [0.1, 0.15) is 13.2 Å². The zero-order chi connectivity index (χ0) is 27.9. The normalized spacial score (nSPS) is 14.9. The Morgan fingerprint density at radius 1 is 0.714 bits per heavy atom. The zero-order valence-corrected chi connectivity index (χ0v) is 21.2. The molecule has 0 spiro atoms. The van der Waals surface area contributed by atoms with Crippen molar-refractivity contribution in [1.82, 2.24) is 0 Å². The van der Waals surface area contributed by atoms with Crippen molar-refractivity contribution >= 4 is 17.9 Å². The minimum Gasteiger partial charge on any atom is -0.462 e. The van der Waals surface area contributed by atoms with E-state index in [0.29, 0.717) is 12.8 Å². The number of alkyl halides is 6. The van der Waals surface area contributed by atoms with Gasteiger partial charge in [-0.15, -0.1) is 0 Å². The molecular weight excluding hydrogens is 486 g/mol. The van der Waals surface area contributed by atoms with Crippen LogP contribution in [-0.2, 0) is 28.6 Å². The average molecular weight is 523 g/mol. The van der Waals surface area contributed by atoms with E-state index in [-0.39, 0.29) is 12.0 Å². The number of esters is 3. The number of halogens is 6. The molecule has 0 saturated carbocycles. The highest BCUT2D eigenvalue weighted by molar-refractivity contribution is 5.78. The van der Waals surface area contributed by atoms with E-state index >= 15 is 0 Å². The molecule has 1 atom stereocenters. The standard InChI is InChI=1S/C23H36F6O6/c1-8-19(3,4)14-21(7,20(5,6)9-2)18(32)34-13-12-33-15(30)10-11-16(31)35-17(22(24,25)26)23(27,28)29/h17H,8-14H2,1-7H3. The Morgan fingerprint density at radius 3 is 1.60 bits per heavy atom. The summed E-state index contributed by atoms with van der Waals surface area (Å²) in [5, 5.41) is 0. The van der Waals surface area contributed by atoms with E-state index in [1.807, 2.05) is 48.5 Å². The van der Waals surface area contributed by atoms with Crippen LogP contribution in [0.25, 0.3) is 0 Å². The van der Waals surface area contributed by atoms with Crippen LogP contribution < -0.4 is 0 Å². The van der Waals surface area contributed by atoms with E-state index in [0.717, 1.165) is 6.42 Å². The summed E-state index contributed by atoms with van der Waals surface area (Å²) < 4.78 is 88.0. The van der Waals surface area contributed by atoms with Crippen LogP contribution in [0, 0.1) is 16.2 Å². The summed E-state index contributed by atoms with van der Waals surface area (Å²) in [5.74, 6) is -3.41. The highest BCUT2D eigenvalue weighted by Gasteiger charge is 2.59. The van der Waals surface area contributed by atoms with Gasteiger partial charge in [0, 0.05) is 0 Å². The van der Waals surface area contributed by atoms with Gasteiger partial charge in [0.2, 0.25) is 0 Å². The molecule has 6 nitrogen and oxygen atoms in total. The molecule has 12 heteroatoms. The third-order valence-electron chi connectivity index (χ3n) is 6.57. The summed E-state index contributed by atoms with van der Waals surface area (Å²) in [6, 6.07) is 0. The molecule has 0 aromatic rings. The molecule has 0 heterocycles. The van der Waals surface area contributed by atoms with Crippen LogP contribution in [0.3, 0.4) is 0 Å². The van der Waals surface area contributed by atoms with Gasteiger partial charge in [0.15, 0.2) is 0 Å². The number of carbonyl (C=O) groups excluding carboxylic acids is 3. The van der Waals surface area contributed by atoms with Gasteiger partial charge in [-0.25, -0.2) is 0 Å². The van der Waals surface area contributed by atoms with E-state index < -0.39 is 66.6 Å². The maximum atomic E-state index is 13.0. The first-order chi connectivity index (χ1) is 15.6. The molecule has 0 bridgehead atoms. The van der Waals surface area contributed by atoms with Crippen LogP contribution in [0.2, 0.25) is 0 Å². The molecule has 0 N–H and O–H groups in total. The second-order valence-corrected chi connectivity index (χ2v) is 10.1. The third kappa shape index (κ3) is 10.2. The lowest BCUT2D eigenvalue weighted by Crippen LogP contribution is -2.46. The van der Waals surface area contributed by atoms with Gasteiger partial charge >= 0.3 is 30.3 Å². The molecule has 0 amide bonds. The Balaban J connectivity index is 4.79. The van der Waals surface area contributed by atoms with Crippen molar-refractivity contribution in [3.8, 4) is 0 Å². The van der Waals surface area contributed by atoms with Crippen LogP contribution >= 0.6 is 0 Å². The van der Waals surface area contributed by atoms with E-state index in [2.05, 4.69) is 4.74 Å². The van der Waals surface area contributed by atoms with Gasteiger partial charge in [-0.2, -0.15) is 26.3 Å². The maximum Gasteiger partial charge on any atom is 0.434 e. The first kappa shape index (κ1) is 33.0. The summed E-state index contributed by atoms with van der Waals surface area (Å²) in [6.07, 6.45) is -15.7. The summed E-state index contributed by atoms with van der Waals surface area (Å²) >= 11 is 0. The van der Waals surface area contributed by atoms with E-state index in [1.54, 1.807) is 0 Å². The molecule has 206 valence electrons. The Kier molecular flexibility index (Phi) is 11.6. The first-order valence-electron chi connectivity index (χ1n) is 11.3. The van der Waals surface area contributed by atoms with Gasteiger partial charge in [0.25, 0.3) is 6.10 Å². The fourth-order valence-electron chi connectivity index (χ4n) is 3.30. The number of ether oxygens (including phenoxy) is 3. The minimum atomic E-state index is -5.84. The van der Waals surface area contributed by atoms with Crippen molar-refractivity contribution in [2.24, 2.45) is 16.2 Å². The molecule has 0 saturated heterocycles. The fourth-order valence-corrected chi connectivity index (χ4v) is 3.30. The van der Waals surface area contributed by atoms with Crippen LogP contribution in [-0.4, -0.2) is 49.6 Å². The van der Waals surface area contributed by atoms with E-state index in [9.17, 15) is 40.7 Å². The van der Waals surface area contributed by atoms with Crippen molar-refractivity contribution in [3.63, 3.8) is 0 Å². The quantitative estimate of drug-likeness (QED) is 0.125. The molecule has 1 unspecified atom stereocenters. The van der Waals surface area contributed by atoms with Crippen LogP contribution in [0.4, 0.5) is 26.3 Å². The first-order valence-corrected chi connectivity index (χ1v) is 11.3. The van der Waals surface area contributed by atoms with Gasteiger partial charge in [0.05, 0.1) is 18.3 Å². The molecule has 0 aromatic carbocycles. The molecular formula is C23H36F6O6. The minimum absolute atomic E-state index is 0.140. The Morgan fingerprint density at radius 2 is 1.17 bits per heavy atom. The Bertz CT molecular complexity index is 715. The predicted molar refractivity (Wildman–Crippen MR) is 114 cm³/mol. The molecule has 0 aromatic heterocycles. The summed E-state index contributed by atoms with van der Waals surface area (Å²) in [7, 11) is 0. The average Bonchev–Trinajstić information content (AvgIpc) is 2.71. The van der Waals surface area contributed by atoms with Crippen LogP contribution in [0.1, 0.15) is 80.6 Å². The summed E-state index contributed by atoms with van der Waals surface area (Å²) in [4.78, 5) is 36.0. The Hall–Kier alpha value is -2.01. The highest BCUT2D eigenvalue weighted by atomic mass is 19.4. The number of hydrogen-bond acceptors (Lipinski definition) is 6. The second kappa shape index (κ2) is 12.3. The number of hydrogen-bond donors (Lipinski definition) is 0. The molecule has 0 aliphatic heterocycles. The van der Waals surface area contributed by atoms with Gasteiger partial charge in [-0.3, -0.25) is 14.4 Å². The molecule has 35 heavy (non-hydrogen) atoms. The van der Waals surface area contributed by atoms with Crippen LogP contribution in [0.5, 0.6) is 0 Å².